The Morgan fingerprint density at radius 3 is 2.55 bits per heavy atom. The monoisotopic (exact) mass is 414 g/mol. The Morgan fingerprint density at radius 1 is 1.34 bits per heavy atom. The highest BCUT2D eigenvalue weighted by atomic mass is 32.2. The fraction of sp³-hybridized carbons (Fsp3) is 0.158. The summed E-state index contributed by atoms with van der Waals surface area (Å²) in [6.07, 6.45) is 1.03. The fourth-order valence-electron chi connectivity index (χ4n) is 3.07. The molecular formula is C19H15FN4O4S. The molecule has 1 atom stereocenters. The van der Waals surface area contributed by atoms with Crippen LogP contribution in [0.25, 0.3) is 0 Å². The van der Waals surface area contributed by atoms with Crippen LogP contribution in [-0.2, 0) is 19.1 Å². The molecule has 3 N–H and O–H groups in total. The summed E-state index contributed by atoms with van der Waals surface area (Å²) >= 11 is 0.834. The maximum absolute atomic E-state index is 13.4. The van der Waals surface area contributed by atoms with Crippen LogP contribution in [0.3, 0.4) is 0 Å². The third-order valence-electron chi connectivity index (χ3n) is 4.39. The molecule has 0 aromatic heterocycles. The molecule has 29 heavy (non-hydrogen) atoms. The van der Waals surface area contributed by atoms with Crippen LogP contribution in [0.15, 0.2) is 57.2 Å². The van der Waals surface area contributed by atoms with E-state index in [0.29, 0.717) is 5.56 Å². The van der Waals surface area contributed by atoms with Gasteiger partial charge < -0.3 is 15.8 Å². The predicted molar refractivity (Wildman–Crippen MR) is 102 cm³/mol. The molecule has 0 radical (unpaired) electrons. The Kier molecular flexibility index (Phi) is 5.43. The summed E-state index contributed by atoms with van der Waals surface area (Å²) in [4.78, 5) is 38.4. The molecule has 1 unspecified atom stereocenters. The average molecular weight is 414 g/mol. The van der Waals surface area contributed by atoms with Gasteiger partial charge in [0.1, 0.15) is 16.5 Å². The van der Waals surface area contributed by atoms with E-state index in [1.165, 1.54) is 38.4 Å². The first-order valence-electron chi connectivity index (χ1n) is 8.27. The lowest BCUT2D eigenvalue weighted by molar-refractivity contribution is -0.135. The number of benzene rings is 1. The Hall–Kier alpha value is -3.58. The number of nitrogens with one attached hydrogen (secondary N) is 1. The Morgan fingerprint density at radius 2 is 2.00 bits per heavy atom. The maximum atomic E-state index is 13.4. The molecule has 0 bridgehead atoms. The molecule has 0 saturated carbocycles. The highest BCUT2D eigenvalue weighted by Crippen LogP contribution is 2.47. The van der Waals surface area contributed by atoms with Gasteiger partial charge in [0.15, 0.2) is 0 Å². The minimum atomic E-state index is -0.955. The van der Waals surface area contributed by atoms with Crippen LogP contribution >= 0.6 is 11.8 Å². The number of esters is 1. The molecule has 0 fully saturated rings. The number of nitrogens with zero attached hydrogens (tertiary/aromatic N) is 2. The van der Waals surface area contributed by atoms with Crippen molar-refractivity contribution in [3.8, 4) is 6.07 Å². The van der Waals surface area contributed by atoms with Crippen molar-refractivity contribution < 1.29 is 23.5 Å². The highest BCUT2D eigenvalue weighted by Gasteiger charge is 2.43. The third-order valence-corrected chi connectivity index (χ3v) is 5.49. The number of carbonyl (C=O) groups excluding carboxylic acids is 3. The lowest BCUT2D eigenvalue weighted by Crippen LogP contribution is -2.42. The summed E-state index contributed by atoms with van der Waals surface area (Å²) in [6, 6.07) is 7.19. The molecule has 1 aromatic rings. The number of carbonyl (C=O) groups is 3. The van der Waals surface area contributed by atoms with Gasteiger partial charge in [0.25, 0.3) is 11.8 Å². The van der Waals surface area contributed by atoms with Crippen LogP contribution in [0.5, 0.6) is 0 Å². The van der Waals surface area contributed by atoms with Crippen molar-refractivity contribution >= 4 is 29.5 Å². The molecule has 148 valence electrons. The molecule has 0 spiro atoms. The minimum absolute atomic E-state index is 0.0313. The number of hydrogen-bond acceptors (Lipinski definition) is 7. The Labute approximate surface area is 169 Å². The summed E-state index contributed by atoms with van der Waals surface area (Å²) in [6.45, 7) is 0. The largest absolute Gasteiger partial charge is 0.465 e. The number of rotatable bonds is 3. The predicted octanol–water partition coefficient (Wildman–Crippen LogP) is 1.21. The third kappa shape index (κ3) is 3.36. The molecule has 1 aromatic carbocycles. The zero-order valence-electron chi connectivity index (χ0n) is 15.4. The minimum Gasteiger partial charge on any atom is -0.465 e. The molecule has 0 aliphatic carbocycles. The molecule has 3 rings (SSSR count). The van der Waals surface area contributed by atoms with Gasteiger partial charge in [-0.1, -0.05) is 23.9 Å². The van der Waals surface area contributed by atoms with E-state index in [1.54, 1.807) is 0 Å². The molecule has 2 aliphatic heterocycles. The van der Waals surface area contributed by atoms with Crippen LogP contribution in [-0.4, -0.2) is 36.8 Å². The van der Waals surface area contributed by atoms with Crippen LogP contribution < -0.4 is 11.1 Å². The van der Waals surface area contributed by atoms with Gasteiger partial charge in [-0.2, -0.15) is 5.26 Å². The standard InChI is InChI=1S/C19H15FN4O4S/c1-23-17(26)15-14(9-3-5-10(20)6-4-9)11(8-21)16(22)24-13(25)7-12(19(27)28-2)29-18(15)24/h3-7,14H,22H2,1-2H3,(H,23,26). The number of hydrogen-bond donors (Lipinski definition) is 2. The van der Waals surface area contributed by atoms with Crippen LogP contribution in [0.2, 0.25) is 0 Å². The van der Waals surface area contributed by atoms with E-state index in [9.17, 15) is 24.0 Å². The van der Waals surface area contributed by atoms with Crippen molar-refractivity contribution in [3.05, 3.63) is 68.6 Å². The summed E-state index contributed by atoms with van der Waals surface area (Å²) < 4.78 is 18.1. The highest BCUT2D eigenvalue weighted by molar-refractivity contribution is 8.07. The number of methoxy groups -OCH3 is 1. The summed E-state index contributed by atoms with van der Waals surface area (Å²) in [5, 5.41) is 12.3. The molecule has 8 nitrogen and oxygen atoms in total. The molecule has 10 heteroatoms. The zero-order chi connectivity index (χ0) is 21.3. The van der Waals surface area contributed by atoms with Crippen molar-refractivity contribution in [2.75, 3.05) is 14.2 Å². The van der Waals surface area contributed by atoms with Gasteiger partial charge in [0.2, 0.25) is 0 Å². The lowest BCUT2D eigenvalue weighted by Gasteiger charge is -2.37. The quantitative estimate of drug-likeness (QED) is 0.712. The zero-order valence-corrected chi connectivity index (χ0v) is 16.2. The summed E-state index contributed by atoms with van der Waals surface area (Å²) in [5.41, 5.74) is 6.54. The molecule has 0 saturated heterocycles. The molecule has 2 aliphatic rings. The molecule has 2 heterocycles. The number of nitrogens with two attached hydrogens (primary N) is 1. The van der Waals surface area contributed by atoms with E-state index in [4.69, 9.17) is 5.73 Å². The smallest absolute Gasteiger partial charge is 0.344 e. The van der Waals surface area contributed by atoms with Crippen LogP contribution in [0.1, 0.15) is 11.5 Å². The fourth-order valence-corrected chi connectivity index (χ4v) is 4.21. The topological polar surface area (TPSA) is 126 Å². The van der Waals surface area contributed by atoms with E-state index in [2.05, 4.69) is 10.1 Å². The Balaban J connectivity index is 2.30. The van der Waals surface area contributed by atoms with E-state index < -0.39 is 29.5 Å². The SMILES string of the molecule is CNC(=O)C1=C2SC(C(=O)OC)=CC(=O)N2C(N)=C(C#N)C1c1ccc(F)cc1. The summed E-state index contributed by atoms with van der Waals surface area (Å²) in [7, 11) is 2.56. The van der Waals surface area contributed by atoms with Gasteiger partial charge in [-0.3, -0.25) is 14.5 Å². The van der Waals surface area contributed by atoms with Gasteiger partial charge in [-0.25, -0.2) is 9.18 Å². The maximum Gasteiger partial charge on any atom is 0.344 e. The number of halogens is 1. The second-order valence-corrected chi connectivity index (χ2v) is 7.00. The Bertz CT molecular complexity index is 1050. The van der Waals surface area contributed by atoms with Crippen LogP contribution in [0.4, 0.5) is 4.39 Å². The number of thioether (sulfide) groups is 1. The number of nitriles is 1. The van der Waals surface area contributed by atoms with E-state index in [-0.39, 0.29) is 26.9 Å². The van der Waals surface area contributed by atoms with Gasteiger partial charge in [-0.15, -0.1) is 0 Å². The van der Waals surface area contributed by atoms with Crippen molar-refractivity contribution in [1.82, 2.24) is 10.2 Å². The first-order valence-corrected chi connectivity index (χ1v) is 9.09. The number of amides is 2. The van der Waals surface area contributed by atoms with E-state index in [1.807, 2.05) is 6.07 Å². The van der Waals surface area contributed by atoms with Gasteiger partial charge >= 0.3 is 5.97 Å². The van der Waals surface area contributed by atoms with E-state index in [0.717, 1.165) is 22.7 Å². The van der Waals surface area contributed by atoms with Crippen molar-refractivity contribution in [3.63, 3.8) is 0 Å². The first-order chi connectivity index (χ1) is 13.8. The normalized spacial score (nSPS) is 18.7. The number of ether oxygens (including phenoxy) is 1. The van der Waals surface area contributed by atoms with Crippen molar-refractivity contribution in [2.24, 2.45) is 5.73 Å². The van der Waals surface area contributed by atoms with Crippen molar-refractivity contribution in [2.45, 2.75) is 5.92 Å². The first kappa shape index (κ1) is 20.2. The average Bonchev–Trinajstić information content (AvgIpc) is 2.72. The molecular weight excluding hydrogens is 399 g/mol. The van der Waals surface area contributed by atoms with Crippen molar-refractivity contribution in [1.29, 1.82) is 5.26 Å². The van der Waals surface area contributed by atoms with Gasteiger partial charge in [0, 0.05) is 13.1 Å². The van der Waals surface area contributed by atoms with Gasteiger partial charge in [0.05, 0.1) is 35.3 Å². The van der Waals surface area contributed by atoms with Crippen LogP contribution in [0, 0.1) is 17.1 Å². The lowest BCUT2D eigenvalue weighted by atomic mass is 9.82. The van der Waals surface area contributed by atoms with Gasteiger partial charge in [-0.05, 0) is 17.7 Å². The summed E-state index contributed by atoms with van der Waals surface area (Å²) in [5.74, 6) is -3.63. The number of allylic oxidation sites excluding steroid dienone is 1. The number of likely N-dealkylation sites (N-methyl/N-ethyl adjacent to an activating group) is 1. The molecule has 2 amide bonds. The number of fused-ring (bicyclic) bond motifs is 1. The van der Waals surface area contributed by atoms with E-state index >= 15 is 0 Å². The second kappa shape index (κ2) is 7.81. The second-order valence-electron chi connectivity index (χ2n) is 5.97.